The third-order valence-electron chi connectivity index (χ3n) is 3.50. The summed E-state index contributed by atoms with van der Waals surface area (Å²) < 4.78 is 26.7. The molecule has 21 heavy (non-hydrogen) atoms. The number of rotatable bonds is 9. The van der Waals surface area contributed by atoms with Gasteiger partial charge in [0.25, 0.3) is 0 Å². The van der Waals surface area contributed by atoms with Crippen molar-refractivity contribution in [3.8, 4) is 0 Å². The van der Waals surface area contributed by atoms with Gasteiger partial charge in [0, 0.05) is 25.8 Å². The van der Waals surface area contributed by atoms with Gasteiger partial charge in [-0.1, -0.05) is 34.1 Å². The largest absolute Gasteiger partial charge is 0.370 e. The van der Waals surface area contributed by atoms with Crippen LogP contribution in [0.15, 0.2) is 23.2 Å². The second kappa shape index (κ2) is 8.34. The van der Waals surface area contributed by atoms with Crippen LogP contribution in [0.5, 0.6) is 0 Å². The molecular weight excluding hydrogens is 286 g/mol. The molecule has 0 bridgehead atoms. The number of hydrogen-bond donors (Lipinski definition) is 1. The summed E-state index contributed by atoms with van der Waals surface area (Å²) in [6, 6.07) is 3.35. The van der Waals surface area contributed by atoms with Crippen LogP contribution in [0, 0.1) is 5.92 Å². The topological polar surface area (TPSA) is 62.3 Å². The highest BCUT2D eigenvalue weighted by molar-refractivity contribution is 7.89. The predicted octanol–water partition coefficient (Wildman–Crippen LogP) is 2.96. The van der Waals surface area contributed by atoms with Gasteiger partial charge >= 0.3 is 0 Å². The molecule has 0 saturated carbocycles. The molecule has 1 unspecified atom stereocenters. The van der Waals surface area contributed by atoms with Crippen molar-refractivity contribution in [1.29, 1.82) is 0 Å². The fraction of sp³-hybridized carbons (Fsp3) is 0.667. The zero-order chi connectivity index (χ0) is 15.9. The van der Waals surface area contributed by atoms with E-state index in [1.54, 1.807) is 12.1 Å². The van der Waals surface area contributed by atoms with Crippen molar-refractivity contribution >= 4 is 15.8 Å². The Morgan fingerprint density at radius 2 is 2.00 bits per heavy atom. The van der Waals surface area contributed by atoms with E-state index in [0.29, 0.717) is 24.8 Å². The fourth-order valence-electron chi connectivity index (χ4n) is 1.91. The van der Waals surface area contributed by atoms with Crippen molar-refractivity contribution < 1.29 is 8.42 Å². The summed E-state index contributed by atoms with van der Waals surface area (Å²) in [6.45, 7) is 9.92. The smallest absolute Gasteiger partial charge is 0.244 e. The van der Waals surface area contributed by atoms with E-state index in [0.717, 1.165) is 19.4 Å². The van der Waals surface area contributed by atoms with E-state index < -0.39 is 10.0 Å². The molecule has 0 spiro atoms. The maximum atomic E-state index is 12.6. The summed E-state index contributed by atoms with van der Waals surface area (Å²) in [5.74, 6) is 1.05. The van der Waals surface area contributed by atoms with Crippen molar-refractivity contribution in [3.05, 3.63) is 18.3 Å². The summed E-state index contributed by atoms with van der Waals surface area (Å²) in [4.78, 5) is 4.44. The van der Waals surface area contributed by atoms with Crippen LogP contribution in [0.25, 0.3) is 0 Å². The van der Waals surface area contributed by atoms with Crippen LogP contribution < -0.4 is 5.32 Å². The molecule has 0 aliphatic carbocycles. The summed E-state index contributed by atoms with van der Waals surface area (Å²) in [5.41, 5.74) is 0. The number of sulfonamides is 1. The lowest BCUT2D eigenvalue weighted by Gasteiger charge is -2.23. The van der Waals surface area contributed by atoms with Crippen LogP contribution in [0.1, 0.15) is 40.5 Å². The first-order valence-corrected chi connectivity index (χ1v) is 9.09. The van der Waals surface area contributed by atoms with Gasteiger partial charge in [0.15, 0.2) is 0 Å². The van der Waals surface area contributed by atoms with Gasteiger partial charge in [0.1, 0.15) is 10.7 Å². The number of anilines is 1. The number of nitrogens with zero attached hydrogens (tertiary/aromatic N) is 2. The summed E-state index contributed by atoms with van der Waals surface area (Å²) in [7, 11) is -3.45. The van der Waals surface area contributed by atoms with Crippen molar-refractivity contribution in [2.24, 2.45) is 5.92 Å². The van der Waals surface area contributed by atoms with Crippen LogP contribution in [0.3, 0.4) is 0 Å². The fourth-order valence-corrected chi connectivity index (χ4v) is 3.43. The zero-order valence-electron chi connectivity index (χ0n) is 13.5. The van der Waals surface area contributed by atoms with Crippen LogP contribution >= 0.6 is 0 Å². The van der Waals surface area contributed by atoms with E-state index in [1.807, 2.05) is 6.92 Å². The average Bonchev–Trinajstić information content (AvgIpc) is 2.50. The van der Waals surface area contributed by atoms with E-state index in [4.69, 9.17) is 0 Å². The minimum absolute atomic E-state index is 0.259. The Labute approximate surface area is 128 Å². The van der Waals surface area contributed by atoms with Gasteiger partial charge in [-0.25, -0.2) is 13.4 Å². The second-order valence-electron chi connectivity index (χ2n) is 5.28. The summed E-state index contributed by atoms with van der Waals surface area (Å²) in [6.07, 6.45) is 3.40. The Kier molecular flexibility index (Phi) is 7.11. The number of hydrogen-bond acceptors (Lipinski definition) is 4. The molecule has 6 heteroatoms. The summed E-state index contributed by atoms with van der Waals surface area (Å²) in [5, 5.41) is 3.14. The first kappa shape index (κ1) is 17.9. The molecule has 0 aliphatic rings. The van der Waals surface area contributed by atoms with E-state index in [1.165, 1.54) is 10.5 Å². The molecule has 1 N–H and O–H groups in total. The molecule has 1 atom stereocenters. The monoisotopic (exact) mass is 313 g/mol. The first-order valence-electron chi connectivity index (χ1n) is 7.65. The molecule has 1 rings (SSSR count). The van der Waals surface area contributed by atoms with Crippen LogP contribution in [0.2, 0.25) is 0 Å². The molecule has 0 aliphatic heterocycles. The van der Waals surface area contributed by atoms with Crippen LogP contribution in [0.4, 0.5) is 5.82 Å². The number of pyridine rings is 1. The van der Waals surface area contributed by atoms with Gasteiger partial charge in [0.2, 0.25) is 10.0 Å². The van der Waals surface area contributed by atoms with E-state index in [-0.39, 0.29) is 4.90 Å². The molecule has 1 aromatic rings. The van der Waals surface area contributed by atoms with Crippen molar-refractivity contribution in [1.82, 2.24) is 9.29 Å². The highest BCUT2D eigenvalue weighted by atomic mass is 32.2. The maximum Gasteiger partial charge on any atom is 0.244 e. The lowest BCUT2D eigenvalue weighted by molar-refractivity contribution is 0.361. The first-order chi connectivity index (χ1) is 9.95. The number of nitrogens with one attached hydrogen (secondary N) is 1. The Hall–Kier alpha value is -1.14. The van der Waals surface area contributed by atoms with Gasteiger partial charge in [-0.2, -0.15) is 4.31 Å². The maximum absolute atomic E-state index is 12.6. The SMILES string of the molecule is CCCNc1ccc(S(=O)(=O)N(CC)CC(C)CC)cn1. The van der Waals surface area contributed by atoms with Crippen molar-refractivity contribution in [2.75, 3.05) is 25.0 Å². The zero-order valence-corrected chi connectivity index (χ0v) is 14.3. The van der Waals surface area contributed by atoms with Crippen molar-refractivity contribution in [2.45, 2.75) is 45.4 Å². The molecule has 5 nitrogen and oxygen atoms in total. The Bertz CT molecular complexity index is 514. The molecule has 0 aromatic carbocycles. The molecule has 0 amide bonds. The van der Waals surface area contributed by atoms with Crippen LogP contribution in [-0.2, 0) is 10.0 Å². The van der Waals surface area contributed by atoms with Gasteiger partial charge in [-0.3, -0.25) is 0 Å². The Morgan fingerprint density at radius 3 is 2.48 bits per heavy atom. The van der Waals surface area contributed by atoms with Crippen molar-refractivity contribution in [3.63, 3.8) is 0 Å². The highest BCUT2D eigenvalue weighted by Crippen LogP contribution is 2.18. The molecule has 0 fully saturated rings. The molecular formula is C15H27N3O2S. The lowest BCUT2D eigenvalue weighted by atomic mass is 10.1. The van der Waals surface area contributed by atoms with Gasteiger partial charge in [-0.15, -0.1) is 0 Å². The van der Waals surface area contributed by atoms with Gasteiger partial charge in [-0.05, 0) is 24.5 Å². The molecule has 0 radical (unpaired) electrons. The normalized spacial score (nSPS) is 13.4. The average molecular weight is 313 g/mol. The third kappa shape index (κ3) is 4.97. The Morgan fingerprint density at radius 1 is 1.29 bits per heavy atom. The molecule has 0 saturated heterocycles. The third-order valence-corrected chi connectivity index (χ3v) is 5.42. The van der Waals surface area contributed by atoms with Crippen LogP contribution in [-0.4, -0.2) is 37.3 Å². The van der Waals surface area contributed by atoms with Gasteiger partial charge < -0.3 is 5.32 Å². The minimum atomic E-state index is -3.45. The lowest BCUT2D eigenvalue weighted by Crippen LogP contribution is -2.34. The molecule has 1 heterocycles. The summed E-state index contributed by atoms with van der Waals surface area (Å²) >= 11 is 0. The second-order valence-corrected chi connectivity index (χ2v) is 7.21. The van der Waals surface area contributed by atoms with E-state index >= 15 is 0 Å². The van der Waals surface area contributed by atoms with E-state index in [2.05, 4.69) is 31.1 Å². The molecule has 120 valence electrons. The number of aromatic nitrogens is 1. The minimum Gasteiger partial charge on any atom is -0.370 e. The highest BCUT2D eigenvalue weighted by Gasteiger charge is 2.24. The molecule has 1 aromatic heterocycles. The Balaban J connectivity index is 2.89. The van der Waals surface area contributed by atoms with E-state index in [9.17, 15) is 8.42 Å². The standard InChI is InChI=1S/C15H27N3O2S/c1-5-10-16-15-9-8-14(11-17-15)21(19,20)18(7-3)12-13(4)6-2/h8-9,11,13H,5-7,10,12H2,1-4H3,(H,16,17). The quantitative estimate of drug-likeness (QED) is 0.761. The predicted molar refractivity (Wildman–Crippen MR) is 86.9 cm³/mol. The van der Waals surface area contributed by atoms with Gasteiger partial charge in [0.05, 0.1) is 0 Å².